The van der Waals surface area contributed by atoms with Crippen molar-refractivity contribution in [3.8, 4) is 0 Å². The van der Waals surface area contributed by atoms with Gasteiger partial charge in [0.15, 0.2) is 0 Å². The summed E-state index contributed by atoms with van der Waals surface area (Å²) in [6, 6.07) is 4.43. The van der Waals surface area contributed by atoms with Gasteiger partial charge in [-0.3, -0.25) is 0 Å². The Hall–Kier alpha value is -0.930. The van der Waals surface area contributed by atoms with Crippen molar-refractivity contribution in [2.24, 2.45) is 0 Å². The first-order valence-electron chi connectivity index (χ1n) is 5.01. The normalized spacial score (nSPS) is 15.0. The topological polar surface area (TPSA) is 29.5 Å². The van der Waals surface area contributed by atoms with Crippen LogP contribution in [0, 0.1) is 12.7 Å². The molecular formula is C12H17FO2. The Morgan fingerprint density at radius 2 is 2.13 bits per heavy atom. The molecule has 1 aromatic rings. The van der Waals surface area contributed by atoms with Crippen molar-refractivity contribution in [1.82, 2.24) is 0 Å². The first-order chi connectivity index (χ1) is 7.03. The maximum atomic E-state index is 13.1. The Bertz CT molecular complexity index is 338. The van der Waals surface area contributed by atoms with Gasteiger partial charge < -0.3 is 9.84 Å². The molecule has 15 heavy (non-hydrogen) atoms. The van der Waals surface area contributed by atoms with Gasteiger partial charge in [0.05, 0.1) is 6.61 Å². The Morgan fingerprint density at radius 3 is 2.67 bits per heavy atom. The van der Waals surface area contributed by atoms with Crippen LogP contribution in [0.4, 0.5) is 4.39 Å². The minimum Gasteiger partial charge on any atom is -0.383 e. The second-order valence-corrected chi connectivity index (χ2v) is 3.78. The van der Waals surface area contributed by atoms with Crippen molar-refractivity contribution in [3.05, 3.63) is 35.1 Å². The molecule has 0 aliphatic rings. The Balaban J connectivity index is 3.16. The van der Waals surface area contributed by atoms with Crippen LogP contribution in [0.5, 0.6) is 0 Å². The van der Waals surface area contributed by atoms with E-state index in [2.05, 4.69) is 0 Å². The summed E-state index contributed by atoms with van der Waals surface area (Å²) in [7, 11) is 1.52. The number of halogens is 1. The van der Waals surface area contributed by atoms with Crippen LogP contribution in [0.25, 0.3) is 0 Å². The molecule has 0 spiro atoms. The summed E-state index contributed by atoms with van der Waals surface area (Å²) in [5, 5.41) is 10.3. The summed E-state index contributed by atoms with van der Waals surface area (Å²) in [6.45, 7) is 3.88. The first kappa shape index (κ1) is 12.1. The number of aliphatic hydroxyl groups is 1. The molecule has 3 heteroatoms. The van der Waals surface area contributed by atoms with Gasteiger partial charge in [0.2, 0.25) is 0 Å². The molecule has 2 nitrogen and oxygen atoms in total. The minimum absolute atomic E-state index is 0.174. The second kappa shape index (κ2) is 4.73. The van der Waals surface area contributed by atoms with Crippen LogP contribution in [0.15, 0.2) is 18.2 Å². The maximum absolute atomic E-state index is 13.1. The van der Waals surface area contributed by atoms with E-state index in [1.54, 1.807) is 6.07 Å². The SMILES string of the molecule is CCC(O)(COC)c1cc(F)ccc1C. The van der Waals surface area contributed by atoms with Gasteiger partial charge in [0.1, 0.15) is 11.4 Å². The summed E-state index contributed by atoms with van der Waals surface area (Å²) in [6.07, 6.45) is 0.491. The fourth-order valence-corrected chi connectivity index (χ4v) is 1.70. The zero-order chi connectivity index (χ0) is 11.5. The zero-order valence-corrected chi connectivity index (χ0v) is 9.38. The fraction of sp³-hybridized carbons (Fsp3) is 0.500. The Kier molecular flexibility index (Phi) is 3.83. The molecule has 0 heterocycles. The quantitative estimate of drug-likeness (QED) is 0.830. The van der Waals surface area contributed by atoms with Gasteiger partial charge in [-0.2, -0.15) is 0 Å². The molecule has 1 atom stereocenters. The maximum Gasteiger partial charge on any atom is 0.123 e. The van der Waals surface area contributed by atoms with Crippen LogP contribution in [0.3, 0.4) is 0 Å². The number of methoxy groups -OCH3 is 1. The molecule has 0 amide bonds. The summed E-state index contributed by atoms with van der Waals surface area (Å²) < 4.78 is 18.1. The molecule has 0 aliphatic heterocycles. The minimum atomic E-state index is -1.10. The summed E-state index contributed by atoms with van der Waals surface area (Å²) in [5.41, 5.74) is 0.380. The highest BCUT2D eigenvalue weighted by Crippen LogP contribution is 2.28. The molecule has 0 radical (unpaired) electrons. The summed E-state index contributed by atoms with van der Waals surface area (Å²) in [4.78, 5) is 0. The van der Waals surface area contributed by atoms with E-state index in [1.807, 2.05) is 13.8 Å². The molecule has 1 rings (SSSR count). The van der Waals surface area contributed by atoms with Gasteiger partial charge in [-0.15, -0.1) is 0 Å². The second-order valence-electron chi connectivity index (χ2n) is 3.78. The molecule has 0 aromatic heterocycles. The van der Waals surface area contributed by atoms with Crippen molar-refractivity contribution in [3.63, 3.8) is 0 Å². The van der Waals surface area contributed by atoms with Crippen LogP contribution in [-0.2, 0) is 10.3 Å². The molecule has 84 valence electrons. The van der Waals surface area contributed by atoms with E-state index in [1.165, 1.54) is 19.2 Å². The number of ether oxygens (including phenoxy) is 1. The number of rotatable bonds is 4. The molecule has 0 saturated carbocycles. The third-order valence-corrected chi connectivity index (χ3v) is 2.67. The lowest BCUT2D eigenvalue weighted by Crippen LogP contribution is -2.31. The highest BCUT2D eigenvalue weighted by molar-refractivity contribution is 5.32. The van der Waals surface area contributed by atoms with Crippen molar-refractivity contribution in [1.29, 1.82) is 0 Å². The van der Waals surface area contributed by atoms with E-state index >= 15 is 0 Å². The summed E-state index contributed by atoms with van der Waals surface area (Å²) >= 11 is 0. The van der Waals surface area contributed by atoms with Crippen molar-refractivity contribution < 1.29 is 14.2 Å². The highest BCUT2D eigenvalue weighted by atomic mass is 19.1. The van der Waals surface area contributed by atoms with E-state index in [4.69, 9.17) is 4.74 Å². The van der Waals surface area contributed by atoms with Crippen LogP contribution in [0.1, 0.15) is 24.5 Å². The lowest BCUT2D eigenvalue weighted by atomic mass is 9.88. The number of aryl methyl sites for hydroxylation is 1. The van der Waals surface area contributed by atoms with Gasteiger partial charge in [0.25, 0.3) is 0 Å². The number of hydrogen-bond acceptors (Lipinski definition) is 2. The lowest BCUT2D eigenvalue weighted by molar-refractivity contribution is -0.0392. The third kappa shape index (κ3) is 2.55. The molecule has 0 fully saturated rings. The lowest BCUT2D eigenvalue weighted by Gasteiger charge is -2.28. The van der Waals surface area contributed by atoms with E-state index < -0.39 is 5.60 Å². The Labute approximate surface area is 89.7 Å². The van der Waals surface area contributed by atoms with E-state index in [9.17, 15) is 9.50 Å². The highest BCUT2D eigenvalue weighted by Gasteiger charge is 2.29. The van der Waals surface area contributed by atoms with Crippen LogP contribution < -0.4 is 0 Å². The van der Waals surface area contributed by atoms with Crippen molar-refractivity contribution in [2.45, 2.75) is 25.9 Å². The van der Waals surface area contributed by atoms with Gasteiger partial charge in [-0.1, -0.05) is 13.0 Å². The van der Waals surface area contributed by atoms with E-state index in [0.717, 1.165) is 5.56 Å². The fourth-order valence-electron chi connectivity index (χ4n) is 1.70. The van der Waals surface area contributed by atoms with E-state index in [0.29, 0.717) is 12.0 Å². The number of benzene rings is 1. The van der Waals surface area contributed by atoms with Crippen molar-refractivity contribution in [2.75, 3.05) is 13.7 Å². The largest absolute Gasteiger partial charge is 0.383 e. The molecule has 0 bridgehead atoms. The number of hydrogen-bond donors (Lipinski definition) is 1. The van der Waals surface area contributed by atoms with Crippen LogP contribution in [-0.4, -0.2) is 18.8 Å². The third-order valence-electron chi connectivity index (χ3n) is 2.67. The van der Waals surface area contributed by atoms with Gasteiger partial charge in [0, 0.05) is 7.11 Å². The van der Waals surface area contributed by atoms with E-state index in [-0.39, 0.29) is 12.4 Å². The molecular weight excluding hydrogens is 195 g/mol. The van der Waals surface area contributed by atoms with Crippen molar-refractivity contribution >= 4 is 0 Å². The van der Waals surface area contributed by atoms with Crippen LogP contribution >= 0.6 is 0 Å². The molecule has 1 unspecified atom stereocenters. The average Bonchev–Trinajstić information content (AvgIpc) is 2.22. The zero-order valence-electron chi connectivity index (χ0n) is 9.38. The first-order valence-corrected chi connectivity index (χ1v) is 5.01. The van der Waals surface area contributed by atoms with Gasteiger partial charge >= 0.3 is 0 Å². The monoisotopic (exact) mass is 212 g/mol. The molecule has 0 aliphatic carbocycles. The van der Waals surface area contributed by atoms with Gasteiger partial charge in [-0.25, -0.2) is 4.39 Å². The predicted molar refractivity (Wildman–Crippen MR) is 57.2 cm³/mol. The van der Waals surface area contributed by atoms with Gasteiger partial charge in [-0.05, 0) is 36.6 Å². The molecule has 1 aromatic carbocycles. The predicted octanol–water partition coefficient (Wildman–Crippen LogP) is 2.38. The summed E-state index contributed by atoms with van der Waals surface area (Å²) in [5.74, 6) is -0.335. The molecule has 0 saturated heterocycles. The standard InChI is InChI=1S/C12H17FO2/c1-4-12(14,8-15-3)11-7-10(13)6-5-9(11)2/h5-7,14H,4,8H2,1-3H3. The average molecular weight is 212 g/mol. The smallest absolute Gasteiger partial charge is 0.123 e. The molecule has 1 N–H and O–H groups in total. The van der Waals surface area contributed by atoms with Crippen LogP contribution in [0.2, 0.25) is 0 Å². The Morgan fingerprint density at radius 1 is 1.47 bits per heavy atom.